The third kappa shape index (κ3) is 6.57. The molecule has 0 saturated heterocycles. The number of hydrogen-bond acceptors (Lipinski definition) is 3. The van der Waals surface area contributed by atoms with E-state index in [-0.39, 0.29) is 5.75 Å². The smallest absolute Gasteiger partial charge is 0.211 e. The van der Waals surface area contributed by atoms with Crippen molar-refractivity contribution in [1.29, 1.82) is 0 Å². The van der Waals surface area contributed by atoms with Gasteiger partial charge in [-0.3, -0.25) is 0 Å². The van der Waals surface area contributed by atoms with E-state index < -0.39 is 10.0 Å². The molecule has 0 aliphatic heterocycles. The highest BCUT2D eigenvalue weighted by molar-refractivity contribution is 7.89. The second kappa shape index (κ2) is 6.39. The molecule has 0 aliphatic rings. The first-order valence-corrected chi connectivity index (χ1v) is 5.68. The molecule has 74 valence electrons. The van der Waals surface area contributed by atoms with Gasteiger partial charge in [-0.05, 0) is 19.9 Å². The van der Waals surface area contributed by atoms with E-state index in [1.165, 1.54) is 7.05 Å². The summed E-state index contributed by atoms with van der Waals surface area (Å²) in [4.78, 5) is 0. The van der Waals surface area contributed by atoms with Crippen LogP contribution in [0.1, 0.15) is 19.3 Å². The van der Waals surface area contributed by atoms with Gasteiger partial charge in [-0.1, -0.05) is 6.42 Å². The van der Waals surface area contributed by atoms with Gasteiger partial charge < -0.3 is 4.74 Å². The minimum atomic E-state index is -3.00. The third-order valence-electron chi connectivity index (χ3n) is 1.57. The Bertz CT molecular complexity index is 189. The van der Waals surface area contributed by atoms with E-state index >= 15 is 0 Å². The van der Waals surface area contributed by atoms with Crippen LogP contribution in [0.5, 0.6) is 0 Å². The lowest BCUT2D eigenvalue weighted by Gasteiger charge is -2.01. The fraction of sp³-hybridized carbons (Fsp3) is 1.00. The number of nitrogens with one attached hydrogen (secondary N) is 1. The quantitative estimate of drug-likeness (QED) is 0.596. The SMILES string of the molecule is CNS(=O)(=O)CCCCCOC. The highest BCUT2D eigenvalue weighted by Crippen LogP contribution is 1.98. The van der Waals surface area contributed by atoms with Crippen LogP contribution in [0.2, 0.25) is 0 Å². The van der Waals surface area contributed by atoms with Crippen LogP contribution in [-0.4, -0.2) is 34.9 Å². The Kier molecular flexibility index (Phi) is 6.32. The summed E-state index contributed by atoms with van der Waals surface area (Å²) in [5.74, 6) is 0.215. The molecular weight excluding hydrogens is 178 g/mol. The predicted molar refractivity (Wildman–Crippen MR) is 48.6 cm³/mol. The zero-order valence-electron chi connectivity index (χ0n) is 7.67. The first kappa shape index (κ1) is 11.9. The molecule has 0 aromatic rings. The van der Waals surface area contributed by atoms with Gasteiger partial charge in [0.05, 0.1) is 5.75 Å². The molecule has 0 saturated carbocycles. The van der Waals surface area contributed by atoms with Gasteiger partial charge in [0.1, 0.15) is 0 Å². The molecule has 0 radical (unpaired) electrons. The fourth-order valence-corrected chi connectivity index (χ4v) is 1.61. The first-order chi connectivity index (χ1) is 5.62. The minimum absolute atomic E-state index is 0.215. The van der Waals surface area contributed by atoms with Crippen LogP contribution >= 0.6 is 0 Å². The number of unbranched alkanes of at least 4 members (excludes halogenated alkanes) is 2. The average molecular weight is 195 g/mol. The second-order valence-electron chi connectivity index (χ2n) is 2.58. The van der Waals surface area contributed by atoms with Gasteiger partial charge in [-0.15, -0.1) is 0 Å². The monoisotopic (exact) mass is 195 g/mol. The summed E-state index contributed by atoms with van der Waals surface area (Å²) in [7, 11) is 0.0807. The fourth-order valence-electron chi connectivity index (χ4n) is 0.817. The second-order valence-corrected chi connectivity index (χ2v) is 4.62. The molecule has 0 bridgehead atoms. The summed E-state index contributed by atoms with van der Waals surface area (Å²) >= 11 is 0. The molecule has 12 heavy (non-hydrogen) atoms. The maximum Gasteiger partial charge on any atom is 0.211 e. The molecule has 0 rings (SSSR count). The summed E-state index contributed by atoms with van der Waals surface area (Å²) in [5, 5.41) is 0. The topological polar surface area (TPSA) is 55.4 Å². The van der Waals surface area contributed by atoms with Crippen molar-refractivity contribution in [2.75, 3.05) is 26.5 Å². The third-order valence-corrected chi connectivity index (χ3v) is 3.02. The van der Waals surface area contributed by atoms with Crippen molar-refractivity contribution < 1.29 is 13.2 Å². The van der Waals surface area contributed by atoms with Gasteiger partial charge in [0, 0.05) is 13.7 Å². The molecule has 0 atom stereocenters. The lowest BCUT2D eigenvalue weighted by Crippen LogP contribution is -2.21. The highest BCUT2D eigenvalue weighted by Gasteiger charge is 2.04. The van der Waals surface area contributed by atoms with Gasteiger partial charge >= 0.3 is 0 Å². The van der Waals surface area contributed by atoms with Crippen molar-refractivity contribution in [2.45, 2.75) is 19.3 Å². The molecule has 0 aromatic carbocycles. The maximum absolute atomic E-state index is 10.9. The predicted octanol–water partition coefficient (Wildman–Crippen LogP) is 0.352. The van der Waals surface area contributed by atoms with E-state index in [0.29, 0.717) is 13.0 Å². The van der Waals surface area contributed by atoms with E-state index in [0.717, 1.165) is 12.8 Å². The van der Waals surface area contributed by atoms with Crippen LogP contribution in [0.25, 0.3) is 0 Å². The summed E-state index contributed by atoms with van der Waals surface area (Å²) in [5.41, 5.74) is 0. The van der Waals surface area contributed by atoms with Crippen LogP contribution in [0, 0.1) is 0 Å². The zero-order chi connectivity index (χ0) is 9.45. The molecule has 4 nitrogen and oxygen atoms in total. The van der Waals surface area contributed by atoms with Crippen molar-refractivity contribution in [3.05, 3.63) is 0 Å². The Labute approximate surface area is 74.4 Å². The van der Waals surface area contributed by atoms with Gasteiger partial charge in [0.2, 0.25) is 10.0 Å². The summed E-state index contributed by atoms with van der Waals surface area (Å²) < 4.78 is 28.9. The van der Waals surface area contributed by atoms with Crippen molar-refractivity contribution in [1.82, 2.24) is 4.72 Å². The average Bonchev–Trinajstić information content (AvgIpc) is 2.04. The van der Waals surface area contributed by atoms with Gasteiger partial charge in [-0.2, -0.15) is 0 Å². The molecule has 0 heterocycles. The normalized spacial score (nSPS) is 11.8. The molecule has 1 N–H and O–H groups in total. The van der Waals surface area contributed by atoms with Gasteiger partial charge in [0.15, 0.2) is 0 Å². The lowest BCUT2D eigenvalue weighted by molar-refractivity contribution is 0.192. The molecule has 0 spiro atoms. The van der Waals surface area contributed by atoms with Crippen molar-refractivity contribution >= 4 is 10.0 Å². The minimum Gasteiger partial charge on any atom is -0.385 e. The van der Waals surface area contributed by atoms with Crippen molar-refractivity contribution in [3.8, 4) is 0 Å². The molecule has 0 unspecified atom stereocenters. The van der Waals surface area contributed by atoms with Crippen molar-refractivity contribution in [3.63, 3.8) is 0 Å². The molecular formula is C7H17NO3S. The Balaban J connectivity index is 3.32. The first-order valence-electron chi connectivity index (χ1n) is 4.02. The highest BCUT2D eigenvalue weighted by atomic mass is 32.2. The largest absolute Gasteiger partial charge is 0.385 e. The molecule has 0 aliphatic carbocycles. The number of ether oxygens (including phenoxy) is 1. The zero-order valence-corrected chi connectivity index (χ0v) is 8.49. The Morgan fingerprint density at radius 2 is 1.92 bits per heavy atom. The van der Waals surface area contributed by atoms with Crippen LogP contribution < -0.4 is 4.72 Å². The lowest BCUT2D eigenvalue weighted by atomic mass is 10.3. The molecule has 0 amide bonds. The van der Waals surface area contributed by atoms with Crippen molar-refractivity contribution in [2.24, 2.45) is 0 Å². The van der Waals surface area contributed by atoms with E-state index in [4.69, 9.17) is 4.74 Å². The van der Waals surface area contributed by atoms with Crippen LogP contribution in [0.15, 0.2) is 0 Å². The Morgan fingerprint density at radius 3 is 2.42 bits per heavy atom. The van der Waals surface area contributed by atoms with E-state index in [2.05, 4.69) is 4.72 Å². The Hall–Kier alpha value is -0.130. The number of hydrogen-bond donors (Lipinski definition) is 1. The van der Waals surface area contributed by atoms with Gasteiger partial charge in [0.25, 0.3) is 0 Å². The van der Waals surface area contributed by atoms with E-state index in [1.807, 2.05) is 0 Å². The molecule has 5 heteroatoms. The van der Waals surface area contributed by atoms with E-state index in [9.17, 15) is 8.42 Å². The van der Waals surface area contributed by atoms with Crippen LogP contribution in [0.3, 0.4) is 0 Å². The number of methoxy groups -OCH3 is 1. The van der Waals surface area contributed by atoms with Gasteiger partial charge in [-0.25, -0.2) is 13.1 Å². The molecule has 0 fully saturated rings. The molecule has 0 aromatic heterocycles. The van der Waals surface area contributed by atoms with Crippen LogP contribution in [-0.2, 0) is 14.8 Å². The summed E-state index contributed by atoms with van der Waals surface area (Å²) in [6.07, 6.45) is 2.52. The van der Waals surface area contributed by atoms with E-state index in [1.54, 1.807) is 7.11 Å². The summed E-state index contributed by atoms with van der Waals surface area (Å²) in [6.45, 7) is 0.708. The number of sulfonamides is 1. The standard InChI is InChI=1S/C7H17NO3S/c1-8-12(9,10)7-5-3-4-6-11-2/h8H,3-7H2,1-2H3. The number of rotatable bonds is 7. The summed E-state index contributed by atoms with van der Waals surface area (Å²) in [6, 6.07) is 0. The van der Waals surface area contributed by atoms with Crippen LogP contribution in [0.4, 0.5) is 0 Å². The maximum atomic E-state index is 10.9. The Morgan fingerprint density at radius 1 is 1.25 bits per heavy atom.